The average Bonchev–Trinajstić information content (AvgIpc) is 3.01. The molecule has 4 nitrogen and oxygen atoms in total. The average molecular weight is 292 g/mol. The van der Waals surface area contributed by atoms with E-state index in [1.165, 1.54) is 12.3 Å². The molecule has 2 heterocycles. The summed E-state index contributed by atoms with van der Waals surface area (Å²) in [6.07, 6.45) is 4.71. The molecule has 0 bridgehead atoms. The molecule has 0 aromatic carbocycles. The number of halogens is 1. The van der Waals surface area contributed by atoms with Crippen LogP contribution in [0.25, 0.3) is 0 Å². The van der Waals surface area contributed by atoms with Crippen molar-refractivity contribution < 1.29 is 13.5 Å². The second kappa shape index (κ2) is 8.54. The second-order valence-electron chi connectivity index (χ2n) is 4.80. The molecule has 114 valence electrons. The van der Waals surface area contributed by atoms with E-state index in [2.05, 4.69) is 17.2 Å². The van der Waals surface area contributed by atoms with Crippen LogP contribution in [0, 0.1) is 5.82 Å². The molecule has 5 heteroatoms. The number of hydrogen-bond acceptors (Lipinski definition) is 4. The first kappa shape index (κ1) is 15.7. The minimum atomic E-state index is -0.306. The number of nitrogens with zero attached hydrogens (tertiary/aromatic N) is 1. The highest BCUT2D eigenvalue weighted by molar-refractivity contribution is 5.09. The lowest BCUT2D eigenvalue weighted by molar-refractivity contribution is 0.103. The highest BCUT2D eigenvalue weighted by atomic mass is 19.1. The van der Waals surface area contributed by atoms with Gasteiger partial charge in [0.1, 0.15) is 18.2 Å². The van der Waals surface area contributed by atoms with Gasteiger partial charge in [-0.2, -0.15) is 0 Å². The Morgan fingerprint density at radius 1 is 1.38 bits per heavy atom. The van der Waals surface area contributed by atoms with Gasteiger partial charge in [-0.3, -0.25) is 4.98 Å². The van der Waals surface area contributed by atoms with E-state index in [1.807, 2.05) is 12.1 Å². The minimum Gasteiger partial charge on any atom is -0.467 e. The molecule has 0 spiro atoms. The maximum Gasteiger partial charge on any atom is 0.141 e. The first-order chi connectivity index (χ1) is 10.3. The number of pyridine rings is 1. The fraction of sp³-hybridized carbons (Fsp3) is 0.438. The molecular weight excluding hydrogens is 271 g/mol. The van der Waals surface area contributed by atoms with E-state index < -0.39 is 0 Å². The maximum atomic E-state index is 12.9. The molecule has 0 aliphatic heterocycles. The third kappa shape index (κ3) is 5.28. The Labute approximate surface area is 124 Å². The van der Waals surface area contributed by atoms with Crippen molar-refractivity contribution in [3.05, 3.63) is 54.0 Å². The van der Waals surface area contributed by atoms with Crippen molar-refractivity contribution in [2.24, 2.45) is 0 Å². The van der Waals surface area contributed by atoms with Crippen LogP contribution in [0.1, 0.15) is 37.3 Å². The summed E-state index contributed by atoms with van der Waals surface area (Å²) in [6.45, 7) is 4.08. The first-order valence-electron chi connectivity index (χ1n) is 7.24. The van der Waals surface area contributed by atoms with Gasteiger partial charge in [0.05, 0.1) is 18.2 Å². The molecular formula is C16H21FN2O2. The van der Waals surface area contributed by atoms with Crippen molar-refractivity contribution >= 4 is 0 Å². The van der Waals surface area contributed by atoms with Gasteiger partial charge in [-0.1, -0.05) is 6.92 Å². The summed E-state index contributed by atoms with van der Waals surface area (Å²) in [4.78, 5) is 4.12. The fourth-order valence-electron chi connectivity index (χ4n) is 2.07. The lowest BCUT2D eigenvalue weighted by Gasteiger charge is -2.16. The van der Waals surface area contributed by atoms with Crippen LogP contribution in [0.3, 0.4) is 0 Å². The van der Waals surface area contributed by atoms with E-state index in [-0.39, 0.29) is 11.9 Å². The molecule has 1 unspecified atom stereocenters. The van der Waals surface area contributed by atoms with E-state index in [9.17, 15) is 4.39 Å². The van der Waals surface area contributed by atoms with E-state index in [4.69, 9.17) is 9.15 Å². The Bertz CT molecular complexity index is 500. The molecule has 1 atom stereocenters. The van der Waals surface area contributed by atoms with Crippen molar-refractivity contribution in [3.8, 4) is 0 Å². The summed E-state index contributed by atoms with van der Waals surface area (Å²) in [5.74, 6) is 0.532. The van der Waals surface area contributed by atoms with E-state index in [0.29, 0.717) is 13.2 Å². The molecule has 2 aromatic rings. The smallest absolute Gasteiger partial charge is 0.141 e. The van der Waals surface area contributed by atoms with Crippen molar-refractivity contribution in [1.82, 2.24) is 10.3 Å². The van der Waals surface area contributed by atoms with Crippen molar-refractivity contribution in [3.63, 3.8) is 0 Å². The monoisotopic (exact) mass is 292 g/mol. The molecule has 0 aliphatic carbocycles. The zero-order valence-corrected chi connectivity index (χ0v) is 12.2. The van der Waals surface area contributed by atoms with E-state index in [1.54, 1.807) is 12.3 Å². The third-order valence-electron chi connectivity index (χ3n) is 3.20. The largest absolute Gasteiger partial charge is 0.467 e. The maximum absolute atomic E-state index is 12.9. The van der Waals surface area contributed by atoms with Gasteiger partial charge in [-0.05, 0) is 43.7 Å². The topological polar surface area (TPSA) is 47.3 Å². The number of nitrogens with one attached hydrogen (secondary N) is 1. The van der Waals surface area contributed by atoms with Crippen LogP contribution in [0.15, 0.2) is 41.1 Å². The van der Waals surface area contributed by atoms with Crippen LogP contribution in [0.2, 0.25) is 0 Å². The lowest BCUT2D eigenvalue weighted by Crippen LogP contribution is -2.23. The minimum absolute atomic E-state index is 0.149. The summed E-state index contributed by atoms with van der Waals surface area (Å²) in [5.41, 5.74) is 0.871. The standard InChI is InChI=1S/C16H21FN2O2/c1-2-15(16-7-6-13(17)11-19-16)18-8-4-9-20-12-14-5-3-10-21-14/h3,5-7,10-11,15,18H,2,4,8-9,12H2,1H3. The van der Waals surface area contributed by atoms with Crippen LogP contribution in [-0.2, 0) is 11.3 Å². The molecule has 0 saturated heterocycles. The molecule has 21 heavy (non-hydrogen) atoms. The summed E-state index contributed by atoms with van der Waals surface area (Å²) >= 11 is 0. The molecule has 0 fully saturated rings. The summed E-state index contributed by atoms with van der Waals surface area (Å²) in [5, 5.41) is 3.41. The van der Waals surface area contributed by atoms with Gasteiger partial charge in [-0.15, -0.1) is 0 Å². The summed E-state index contributed by atoms with van der Waals surface area (Å²) in [6, 6.07) is 7.06. The molecule has 2 rings (SSSR count). The zero-order valence-electron chi connectivity index (χ0n) is 12.2. The fourth-order valence-corrected chi connectivity index (χ4v) is 2.07. The number of ether oxygens (including phenoxy) is 1. The quantitative estimate of drug-likeness (QED) is 0.719. The summed E-state index contributed by atoms with van der Waals surface area (Å²) < 4.78 is 23.6. The van der Waals surface area contributed by atoms with Gasteiger partial charge in [0, 0.05) is 12.6 Å². The zero-order chi connectivity index (χ0) is 14.9. The Kier molecular flexibility index (Phi) is 6.37. The van der Waals surface area contributed by atoms with Gasteiger partial charge in [0.25, 0.3) is 0 Å². The SMILES string of the molecule is CCC(NCCCOCc1ccco1)c1ccc(F)cn1. The van der Waals surface area contributed by atoms with Gasteiger partial charge >= 0.3 is 0 Å². The van der Waals surface area contributed by atoms with Gasteiger partial charge < -0.3 is 14.5 Å². The molecule has 0 saturated carbocycles. The summed E-state index contributed by atoms with van der Waals surface area (Å²) in [7, 11) is 0. The predicted octanol–water partition coefficient (Wildman–Crippen LogP) is 3.46. The van der Waals surface area contributed by atoms with E-state index >= 15 is 0 Å². The number of hydrogen-bond donors (Lipinski definition) is 1. The van der Waals surface area contributed by atoms with Gasteiger partial charge in [-0.25, -0.2) is 4.39 Å². The highest BCUT2D eigenvalue weighted by Crippen LogP contribution is 2.14. The van der Waals surface area contributed by atoms with Crippen LogP contribution >= 0.6 is 0 Å². The normalized spacial score (nSPS) is 12.5. The number of aromatic nitrogens is 1. The lowest BCUT2D eigenvalue weighted by atomic mass is 10.1. The first-order valence-corrected chi connectivity index (χ1v) is 7.24. The molecule has 0 aliphatic rings. The van der Waals surface area contributed by atoms with Crippen molar-refractivity contribution in [1.29, 1.82) is 0 Å². The third-order valence-corrected chi connectivity index (χ3v) is 3.20. The van der Waals surface area contributed by atoms with Crippen LogP contribution in [0.5, 0.6) is 0 Å². The highest BCUT2D eigenvalue weighted by Gasteiger charge is 2.09. The Balaban J connectivity index is 1.63. The van der Waals surface area contributed by atoms with Crippen LogP contribution in [0.4, 0.5) is 4.39 Å². The molecule has 0 amide bonds. The van der Waals surface area contributed by atoms with Gasteiger partial charge in [0.2, 0.25) is 0 Å². The Morgan fingerprint density at radius 3 is 2.95 bits per heavy atom. The number of furan rings is 1. The van der Waals surface area contributed by atoms with E-state index in [0.717, 1.165) is 30.8 Å². The van der Waals surface area contributed by atoms with Crippen LogP contribution < -0.4 is 5.32 Å². The van der Waals surface area contributed by atoms with Gasteiger partial charge in [0.15, 0.2) is 0 Å². The predicted molar refractivity (Wildman–Crippen MR) is 78.2 cm³/mol. The van der Waals surface area contributed by atoms with Crippen LogP contribution in [-0.4, -0.2) is 18.1 Å². The molecule has 2 aromatic heterocycles. The number of rotatable bonds is 9. The molecule has 1 N–H and O–H groups in total. The van der Waals surface area contributed by atoms with Crippen molar-refractivity contribution in [2.75, 3.05) is 13.2 Å². The Hall–Kier alpha value is -1.72. The second-order valence-corrected chi connectivity index (χ2v) is 4.80. The molecule has 0 radical (unpaired) electrons. The van der Waals surface area contributed by atoms with Crippen molar-refractivity contribution in [2.45, 2.75) is 32.4 Å². The Morgan fingerprint density at radius 2 is 2.29 bits per heavy atom.